The Balaban J connectivity index is 1.56. The minimum Gasteiger partial charge on any atom is -0.310 e. The molecule has 35 heavy (non-hydrogen) atoms. The summed E-state index contributed by atoms with van der Waals surface area (Å²) in [6.07, 6.45) is 2.16. The van der Waals surface area contributed by atoms with Gasteiger partial charge in [-0.15, -0.1) is 0 Å². The molecule has 0 aliphatic heterocycles. The summed E-state index contributed by atoms with van der Waals surface area (Å²) in [5.41, 5.74) is 6.73. The third-order valence-electron chi connectivity index (χ3n) is 6.18. The zero-order valence-electron chi connectivity index (χ0n) is 19.3. The summed E-state index contributed by atoms with van der Waals surface area (Å²) >= 11 is 0. The second-order valence-corrected chi connectivity index (χ2v) is 8.36. The van der Waals surface area contributed by atoms with Crippen LogP contribution in [0, 0.1) is 0 Å². The molecule has 0 bridgehead atoms. The molecule has 0 fully saturated rings. The predicted octanol–water partition coefficient (Wildman–Crippen LogP) is 8.71. The van der Waals surface area contributed by atoms with Crippen LogP contribution in [-0.2, 0) is 0 Å². The zero-order valence-corrected chi connectivity index (χ0v) is 19.3. The van der Waals surface area contributed by atoms with Crippen molar-refractivity contribution in [3.05, 3.63) is 152 Å². The molecule has 3 nitrogen and oxygen atoms in total. The summed E-state index contributed by atoms with van der Waals surface area (Å²) in [5, 5.41) is 3.43. The molecule has 0 amide bonds. The predicted molar refractivity (Wildman–Crippen MR) is 147 cm³/mol. The highest BCUT2D eigenvalue weighted by Gasteiger charge is 2.19. The largest absolute Gasteiger partial charge is 0.310 e. The molecule has 6 rings (SSSR count). The van der Waals surface area contributed by atoms with E-state index in [4.69, 9.17) is 0 Å². The Hall–Kier alpha value is -4.76. The van der Waals surface area contributed by atoms with E-state index < -0.39 is 0 Å². The fourth-order valence-corrected chi connectivity index (χ4v) is 4.62. The van der Waals surface area contributed by atoms with Gasteiger partial charge in [-0.05, 0) is 66.7 Å². The minimum atomic E-state index is 1.10. The van der Waals surface area contributed by atoms with Crippen LogP contribution in [0.2, 0.25) is 0 Å². The van der Waals surface area contributed by atoms with E-state index in [2.05, 4.69) is 166 Å². The molecule has 1 heterocycles. The number of anilines is 5. The van der Waals surface area contributed by atoms with Crippen molar-refractivity contribution in [1.82, 2.24) is 4.68 Å². The Morgan fingerprint density at radius 3 is 1.34 bits per heavy atom. The lowest BCUT2D eigenvalue weighted by atomic mass is 10.1. The van der Waals surface area contributed by atoms with Crippen LogP contribution in [0.4, 0.5) is 28.4 Å². The summed E-state index contributed by atoms with van der Waals surface area (Å²) in [5.74, 6) is 0. The molecule has 0 N–H and O–H groups in total. The van der Waals surface area contributed by atoms with Gasteiger partial charge >= 0.3 is 0 Å². The van der Waals surface area contributed by atoms with Gasteiger partial charge in [0.15, 0.2) is 0 Å². The molecule has 6 aromatic rings. The lowest BCUT2D eigenvalue weighted by Gasteiger charge is -2.28. The molecule has 0 spiro atoms. The van der Waals surface area contributed by atoms with E-state index in [0.717, 1.165) is 34.0 Å². The number of hydrogen-bond donors (Lipinski definition) is 0. The molecular weight excluding hydrogens is 426 g/mol. The highest BCUT2D eigenvalue weighted by molar-refractivity contribution is 5.98. The highest BCUT2D eigenvalue weighted by atomic mass is 15.5. The van der Waals surface area contributed by atoms with Gasteiger partial charge in [0.2, 0.25) is 0 Å². The molecule has 168 valence electrons. The molecule has 1 aromatic heterocycles. The van der Waals surface area contributed by atoms with Gasteiger partial charge in [0, 0.05) is 23.0 Å². The van der Waals surface area contributed by atoms with Gasteiger partial charge in [-0.1, -0.05) is 78.9 Å². The van der Waals surface area contributed by atoms with E-state index >= 15 is 0 Å². The monoisotopic (exact) mass is 451 g/mol. The summed E-state index contributed by atoms with van der Waals surface area (Å²) in [4.78, 5) is 2.32. The Morgan fingerprint density at radius 2 is 0.857 bits per heavy atom. The number of hydrogen-bond acceptors (Lipinski definition) is 2. The van der Waals surface area contributed by atoms with Gasteiger partial charge in [0.05, 0.1) is 22.6 Å². The lowest BCUT2D eigenvalue weighted by molar-refractivity contribution is 0.854. The molecular formula is C32H25N3. The molecule has 0 atom stereocenters. The van der Waals surface area contributed by atoms with Crippen LogP contribution < -0.4 is 9.91 Å². The van der Waals surface area contributed by atoms with E-state index in [1.165, 1.54) is 5.39 Å². The van der Waals surface area contributed by atoms with Crippen LogP contribution in [-0.4, -0.2) is 4.68 Å². The summed E-state index contributed by atoms with van der Waals surface area (Å²) in [6.45, 7) is 0. The zero-order chi connectivity index (χ0) is 23.5. The minimum absolute atomic E-state index is 1.10. The molecule has 5 aromatic carbocycles. The van der Waals surface area contributed by atoms with Gasteiger partial charge < -0.3 is 4.90 Å². The van der Waals surface area contributed by atoms with Gasteiger partial charge in [0.25, 0.3) is 0 Å². The third-order valence-corrected chi connectivity index (χ3v) is 6.18. The summed E-state index contributed by atoms with van der Waals surface area (Å²) < 4.78 is 2.23. The van der Waals surface area contributed by atoms with Crippen LogP contribution >= 0.6 is 0 Å². The van der Waals surface area contributed by atoms with E-state index in [1.807, 2.05) is 0 Å². The third kappa shape index (κ3) is 3.94. The fraction of sp³-hybridized carbons (Fsp3) is 0. The molecule has 0 unspecified atom stereocenters. The van der Waals surface area contributed by atoms with Crippen molar-refractivity contribution in [2.24, 2.45) is 0 Å². The fourth-order valence-electron chi connectivity index (χ4n) is 4.62. The molecule has 0 aliphatic rings. The lowest BCUT2D eigenvalue weighted by Crippen LogP contribution is -2.23. The van der Waals surface area contributed by atoms with Crippen LogP contribution in [0.3, 0.4) is 0 Å². The Kier molecular flexibility index (Phi) is 5.50. The number of fused-ring (bicyclic) bond motifs is 1. The highest BCUT2D eigenvalue weighted by Crippen LogP contribution is 2.40. The first-order valence-corrected chi connectivity index (χ1v) is 11.8. The van der Waals surface area contributed by atoms with Gasteiger partial charge in [-0.25, -0.2) is 5.01 Å². The van der Waals surface area contributed by atoms with Crippen molar-refractivity contribution in [3.8, 4) is 0 Å². The van der Waals surface area contributed by atoms with E-state index in [9.17, 15) is 0 Å². The second-order valence-electron chi connectivity index (χ2n) is 8.36. The van der Waals surface area contributed by atoms with Crippen LogP contribution in [0.5, 0.6) is 0 Å². The van der Waals surface area contributed by atoms with Crippen molar-refractivity contribution in [1.29, 1.82) is 0 Å². The molecule has 0 saturated carbocycles. The maximum absolute atomic E-state index is 2.32. The normalized spacial score (nSPS) is 10.9. The Labute approximate surface area is 205 Å². The van der Waals surface area contributed by atoms with E-state index in [1.54, 1.807) is 0 Å². The molecule has 0 saturated heterocycles. The van der Waals surface area contributed by atoms with Crippen molar-refractivity contribution < 1.29 is 0 Å². The number of para-hydroxylation sites is 4. The van der Waals surface area contributed by atoms with E-state index in [-0.39, 0.29) is 0 Å². The maximum atomic E-state index is 2.32. The Morgan fingerprint density at radius 1 is 0.400 bits per heavy atom. The SMILES string of the molecule is c1ccc(N(c2ccccc2)c2cccc3c2ccn3N(c2ccccc2)c2ccccc2)cc1. The van der Waals surface area contributed by atoms with Crippen molar-refractivity contribution in [3.63, 3.8) is 0 Å². The summed E-state index contributed by atoms with van der Waals surface area (Å²) in [6, 6.07) is 50.8. The average Bonchev–Trinajstić information content (AvgIpc) is 3.36. The van der Waals surface area contributed by atoms with Gasteiger partial charge in [0.1, 0.15) is 0 Å². The van der Waals surface area contributed by atoms with Gasteiger partial charge in [-0.2, -0.15) is 0 Å². The number of aromatic nitrogens is 1. The van der Waals surface area contributed by atoms with Crippen molar-refractivity contribution in [2.75, 3.05) is 9.91 Å². The average molecular weight is 452 g/mol. The first-order valence-electron chi connectivity index (χ1n) is 11.8. The first-order chi connectivity index (χ1) is 17.4. The van der Waals surface area contributed by atoms with E-state index in [0.29, 0.717) is 0 Å². The molecule has 0 aliphatic carbocycles. The number of benzene rings is 5. The number of nitrogens with zero attached hydrogens (tertiary/aromatic N) is 3. The Bertz CT molecular complexity index is 1450. The summed E-state index contributed by atoms with van der Waals surface area (Å²) in [7, 11) is 0. The molecule has 0 radical (unpaired) electrons. The number of rotatable bonds is 6. The first kappa shape index (κ1) is 20.8. The van der Waals surface area contributed by atoms with Crippen LogP contribution in [0.15, 0.2) is 152 Å². The smallest absolute Gasteiger partial charge is 0.0723 e. The quantitative estimate of drug-likeness (QED) is 0.251. The topological polar surface area (TPSA) is 11.4 Å². The van der Waals surface area contributed by atoms with Crippen LogP contribution in [0.1, 0.15) is 0 Å². The van der Waals surface area contributed by atoms with Crippen molar-refractivity contribution in [2.45, 2.75) is 0 Å². The molecule has 3 heteroatoms. The van der Waals surface area contributed by atoms with Crippen LogP contribution in [0.25, 0.3) is 10.9 Å². The second kappa shape index (κ2) is 9.24. The standard InChI is InChI=1S/C32H25N3/c1-5-14-26(15-6-1)34(27-16-7-2-8-17-27)32-23-13-22-31-30(32)24-25-33(31)35(28-18-9-3-10-19-28)29-20-11-4-12-21-29/h1-25H. The van der Waals surface area contributed by atoms with Gasteiger partial charge in [-0.3, -0.25) is 4.68 Å². The maximum Gasteiger partial charge on any atom is 0.0723 e. The van der Waals surface area contributed by atoms with Crippen molar-refractivity contribution >= 4 is 39.3 Å².